The van der Waals surface area contributed by atoms with Crippen molar-refractivity contribution in [1.29, 1.82) is 0 Å². The van der Waals surface area contributed by atoms with E-state index in [-0.39, 0.29) is 0 Å². The van der Waals surface area contributed by atoms with Gasteiger partial charge in [-0.25, -0.2) is 4.98 Å². The second kappa shape index (κ2) is 6.88. The summed E-state index contributed by atoms with van der Waals surface area (Å²) in [5, 5.41) is 7.91. The van der Waals surface area contributed by atoms with Gasteiger partial charge in [0.1, 0.15) is 12.2 Å². The minimum atomic E-state index is 0.671. The fourth-order valence-electron chi connectivity index (χ4n) is 2.97. The van der Waals surface area contributed by atoms with E-state index in [1.54, 1.807) is 6.33 Å². The first-order chi connectivity index (χ1) is 8.81. The number of hydrogen-bond acceptors (Lipinski definition) is 3. The van der Waals surface area contributed by atoms with Crippen LogP contribution in [0.4, 0.5) is 0 Å². The van der Waals surface area contributed by atoms with Crippen LogP contribution in [-0.4, -0.2) is 27.4 Å². The molecular weight excluding hydrogens is 224 g/mol. The zero-order valence-electron chi connectivity index (χ0n) is 11.7. The molecule has 0 spiro atoms. The predicted octanol–water partition coefficient (Wildman–Crippen LogP) is 2.31. The number of rotatable bonds is 5. The third-order valence-electron chi connectivity index (χ3n) is 4.07. The Bertz CT molecular complexity index is 347. The van der Waals surface area contributed by atoms with Crippen LogP contribution in [0.5, 0.6) is 0 Å². The number of nitrogens with zero attached hydrogens (tertiary/aromatic N) is 3. The lowest BCUT2D eigenvalue weighted by Gasteiger charge is -2.25. The van der Waals surface area contributed by atoms with Gasteiger partial charge in [-0.05, 0) is 31.7 Å². The van der Waals surface area contributed by atoms with Gasteiger partial charge in [-0.15, -0.1) is 0 Å². The summed E-state index contributed by atoms with van der Waals surface area (Å²) in [5.41, 5.74) is 0. The Morgan fingerprint density at radius 1 is 1.33 bits per heavy atom. The van der Waals surface area contributed by atoms with Crippen molar-refractivity contribution in [3.63, 3.8) is 0 Å². The molecule has 1 fully saturated rings. The minimum Gasteiger partial charge on any atom is -0.314 e. The quantitative estimate of drug-likeness (QED) is 0.815. The molecule has 4 heteroatoms. The Morgan fingerprint density at radius 3 is 2.89 bits per heavy atom. The van der Waals surface area contributed by atoms with Crippen LogP contribution in [0.15, 0.2) is 6.33 Å². The molecule has 0 bridgehead atoms. The molecule has 102 valence electrons. The first kappa shape index (κ1) is 13.5. The molecule has 2 atom stereocenters. The van der Waals surface area contributed by atoms with Gasteiger partial charge in [0.2, 0.25) is 0 Å². The summed E-state index contributed by atoms with van der Waals surface area (Å²) in [6.45, 7) is 3.38. The molecule has 0 aromatic carbocycles. The van der Waals surface area contributed by atoms with E-state index < -0.39 is 0 Å². The molecule has 1 aliphatic rings. The Labute approximate surface area is 110 Å². The van der Waals surface area contributed by atoms with Crippen LogP contribution < -0.4 is 5.32 Å². The van der Waals surface area contributed by atoms with Crippen LogP contribution in [0.3, 0.4) is 0 Å². The normalized spacial score (nSPS) is 25.0. The lowest BCUT2D eigenvalue weighted by atomic mass is 9.91. The maximum Gasteiger partial charge on any atom is 0.138 e. The molecule has 1 N–H and O–H groups in total. The van der Waals surface area contributed by atoms with E-state index in [9.17, 15) is 0 Å². The van der Waals surface area contributed by atoms with Gasteiger partial charge in [-0.1, -0.05) is 26.2 Å². The average molecular weight is 250 g/mol. The van der Waals surface area contributed by atoms with Gasteiger partial charge < -0.3 is 5.32 Å². The molecule has 0 radical (unpaired) electrons. The monoisotopic (exact) mass is 250 g/mol. The zero-order chi connectivity index (χ0) is 12.8. The van der Waals surface area contributed by atoms with Gasteiger partial charge in [0.15, 0.2) is 0 Å². The van der Waals surface area contributed by atoms with Gasteiger partial charge >= 0.3 is 0 Å². The van der Waals surface area contributed by atoms with Crippen molar-refractivity contribution in [3.8, 4) is 0 Å². The summed E-state index contributed by atoms with van der Waals surface area (Å²) in [4.78, 5) is 4.38. The number of nitrogens with one attached hydrogen (secondary N) is 1. The minimum absolute atomic E-state index is 0.671. The largest absolute Gasteiger partial charge is 0.314 e. The van der Waals surface area contributed by atoms with Gasteiger partial charge in [0.05, 0.1) is 0 Å². The van der Waals surface area contributed by atoms with Crippen LogP contribution in [0.25, 0.3) is 0 Å². The van der Waals surface area contributed by atoms with Crippen molar-refractivity contribution in [2.24, 2.45) is 13.0 Å². The van der Waals surface area contributed by atoms with Crippen LogP contribution >= 0.6 is 0 Å². The maximum atomic E-state index is 4.38. The Balaban J connectivity index is 1.98. The first-order valence-corrected chi connectivity index (χ1v) is 7.37. The smallest absolute Gasteiger partial charge is 0.138 e. The first-order valence-electron chi connectivity index (χ1n) is 7.37. The second-order valence-electron chi connectivity index (χ2n) is 5.46. The molecule has 1 aromatic heterocycles. The fourth-order valence-corrected chi connectivity index (χ4v) is 2.97. The predicted molar refractivity (Wildman–Crippen MR) is 73.4 cm³/mol. The van der Waals surface area contributed by atoms with Crippen LogP contribution in [0, 0.1) is 5.92 Å². The van der Waals surface area contributed by atoms with Gasteiger partial charge in [0, 0.05) is 19.5 Å². The number of hydrogen-bond donors (Lipinski definition) is 1. The molecule has 1 heterocycles. The lowest BCUT2D eigenvalue weighted by Crippen LogP contribution is -2.37. The van der Waals surface area contributed by atoms with Crippen LogP contribution in [-0.2, 0) is 13.5 Å². The Morgan fingerprint density at radius 2 is 2.17 bits per heavy atom. The van der Waals surface area contributed by atoms with Crippen LogP contribution in [0.2, 0.25) is 0 Å². The highest BCUT2D eigenvalue weighted by Gasteiger charge is 2.24. The number of aromatic nitrogens is 3. The highest BCUT2D eigenvalue weighted by atomic mass is 15.3. The van der Waals surface area contributed by atoms with E-state index in [0.29, 0.717) is 6.04 Å². The Hall–Kier alpha value is -0.900. The van der Waals surface area contributed by atoms with Crippen molar-refractivity contribution >= 4 is 0 Å². The molecule has 2 rings (SSSR count). The standard InChI is InChI=1S/C14H26N4/c1-3-9-15-13-8-6-4-5-7-12(13)10-14-16-11-17-18(14)2/h11-13,15H,3-10H2,1-2H3. The zero-order valence-corrected chi connectivity index (χ0v) is 11.7. The molecule has 0 amide bonds. The summed E-state index contributed by atoms with van der Waals surface area (Å²) in [6, 6.07) is 0.671. The molecule has 4 nitrogen and oxygen atoms in total. The van der Waals surface area contributed by atoms with Crippen molar-refractivity contribution in [2.45, 2.75) is 57.9 Å². The summed E-state index contributed by atoms with van der Waals surface area (Å²) in [5.74, 6) is 1.85. The van der Waals surface area contributed by atoms with E-state index >= 15 is 0 Å². The SMILES string of the molecule is CCCNC1CCCCCC1Cc1ncnn1C. The summed E-state index contributed by atoms with van der Waals surface area (Å²) >= 11 is 0. The molecule has 2 unspecified atom stereocenters. The molecule has 18 heavy (non-hydrogen) atoms. The third-order valence-corrected chi connectivity index (χ3v) is 4.07. The highest BCUT2D eigenvalue weighted by Crippen LogP contribution is 2.26. The Kier molecular flexibility index (Phi) is 5.17. The summed E-state index contributed by atoms with van der Waals surface area (Å²) < 4.78 is 1.92. The van der Waals surface area contributed by atoms with E-state index in [1.807, 2.05) is 11.7 Å². The average Bonchev–Trinajstić information content (AvgIpc) is 2.64. The van der Waals surface area contributed by atoms with Gasteiger partial charge in [-0.3, -0.25) is 4.68 Å². The maximum absolute atomic E-state index is 4.38. The van der Waals surface area contributed by atoms with Gasteiger partial charge in [-0.2, -0.15) is 5.10 Å². The fraction of sp³-hybridized carbons (Fsp3) is 0.857. The van der Waals surface area contributed by atoms with Crippen molar-refractivity contribution in [1.82, 2.24) is 20.1 Å². The second-order valence-corrected chi connectivity index (χ2v) is 5.46. The molecular formula is C14H26N4. The topological polar surface area (TPSA) is 42.7 Å². The molecule has 1 aliphatic carbocycles. The molecule has 0 saturated heterocycles. The molecule has 0 aliphatic heterocycles. The van der Waals surface area contributed by atoms with E-state index in [1.165, 1.54) is 38.5 Å². The summed E-state index contributed by atoms with van der Waals surface area (Å²) in [7, 11) is 1.99. The molecule has 1 aromatic rings. The number of aryl methyl sites for hydroxylation is 1. The van der Waals surface area contributed by atoms with Crippen molar-refractivity contribution < 1.29 is 0 Å². The van der Waals surface area contributed by atoms with Crippen LogP contribution in [0.1, 0.15) is 51.3 Å². The van der Waals surface area contributed by atoms with Crippen molar-refractivity contribution in [2.75, 3.05) is 6.54 Å². The van der Waals surface area contributed by atoms with E-state index in [0.717, 1.165) is 24.7 Å². The van der Waals surface area contributed by atoms with E-state index in [4.69, 9.17) is 0 Å². The highest BCUT2D eigenvalue weighted by molar-refractivity contribution is 4.91. The van der Waals surface area contributed by atoms with Gasteiger partial charge in [0.25, 0.3) is 0 Å². The third kappa shape index (κ3) is 3.55. The van der Waals surface area contributed by atoms with Crippen molar-refractivity contribution in [3.05, 3.63) is 12.2 Å². The van der Waals surface area contributed by atoms with E-state index in [2.05, 4.69) is 22.3 Å². The molecule has 1 saturated carbocycles. The summed E-state index contributed by atoms with van der Waals surface area (Å²) in [6.07, 6.45) is 10.7. The lowest BCUT2D eigenvalue weighted by molar-refractivity contribution is 0.325.